The van der Waals surface area contributed by atoms with Crippen LogP contribution < -0.4 is 10.1 Å². The van der Waals surface area contributed by atoms with Crippen LogP contribution in [0.5, 0.6) is 5.75 Å². The van der Waals surface area contributed by atoms with Gasteiger partial charge in [0, 0.05) is 19.0 Å². The molecule has 0 spiro atoms. The molecular formula is C13H16FN3O2. The van der Waals surface area contributed by atoms with E-state index in [1.165, 1.54) is 6.07 Å². The summed E-state index contributed by atoms with van der Waals surface area (Å²) in [6.07, 6.45) is 0. The maximum Gasteiger partial charge on any atom is 0.253 e. The van der Waals surface area contributed by atoms with Crippen LogP contribution in [-0.2, 0) is 13.2 Å². The first-order valence-electron chi connectivity index (χ1n) is 6.10. The molecule has 0 radical (unpaired) electrons. The predicted molar refractivity (Wildman–Crippen MR) is 67.1 cm³/mol. The fourth-order valence-corrected chi connectivity index (χ4v) is 1.64. The first-order valence-corrected chi connectivity index (χ1v) is 6.10. The monoisotopic (exact) mass is 265 g/mol. The van der Waals surface area contributed by atoms with Gasteiger partial charge in [-0.05, 0) is 12.6 Å². The summed E-state index contributed by atoms with van der Waals surface area (Å²) < 4.78 is 24.4. The standard InChI is InChI=1S/C13H16FN3O2/c1-3-15-7-10-5-4-6-11(14)13(10)18-8-12-17-16-9(2)19-12/h4-6,15H,3,7-8H2,1-2H3. The van der Waals surface area contributed by atoms with Crippen LogP contribution in [-0.4, -0.2) is 16.7 Å². The maximum atomic E-state index is 13.8. The van der Waals surface area contributed by atoms with Gasteiger partial charge in [0.05, 0.1) is 0 Å². The Morgan fingerprint density at radius 3 is 2.89 bits per heavy atom. The molecule has 1 aromatic carbocycles. The highest BCUT2D eigenvalue weighted by Gasteiger charge is 2.11. The second-order valence-corrected chi connectivity index (χ2v) is 4.01. The number of para-hydroxylation sites is 1. The van der Waals surface area contributed by atoms with Gasteiger partial charge in [0.15, 0.2) is 18.2 Å². The van der Waals surface area contributed by atoms with Gasteiger partial charge in [-0.25, -0.2) is 4.39 Å². The van der Waals surface area contributed by atoms with Crippen LogP contribution >= 0.6 is 0 Å². The van der Waals surface area contributed by atoms with Crippen molar-refractivity contribution in [1.29, 1.82) is 0 Å². The molecule has 102 valence electrons. The van der Waals surface area contributed by atoms with Gasteiger partial charge in [0.1, 0.15) is 0 Å². The number of aromatic nitrogens is 2. The Hall–Kier alpha value is -1.95. The summed E-state index contributed by atoms with van der Waals surface area (Å²) in [7, 11) is 0. The van der Waals surface area contributed by atoms with Crippen molar-refractivity contribution in [3.8, 4) is 5.75 Å². The minimum atomic E-state index is -0.397. The summed E-state index contributed by atoms with van der Waals surface area (Å²) in [6, 6.07) is 4.84. The molecule has 0 aliphatic carbocycles. The lowest BCUT2D eigenvalue weighted by molar-refractivity contribution is 0.247. The van der Waals surface area contributed by atoms with Crippen molar-refractivity contribution in [3.05, 3.63) is 41.4 Å². The number of nitrogens with one attached hydrogen (secondary N) is 1. The molecule has 0 aliphatic heterocycles. The van der Waals surface area contributed by atoms with Crippen molar-refractivity contribution in [1.82, 2.24) is 15.5 Å². The van der Waals surface area contributed by atoms with Gasteiger partial charge < -0.3 is 14.5 Å². The lowest BCUT2D eigenvalue weighted by atomic mass is 10.2. The second kappa shape index (κ2) is 6.29. The predicted octanol–water partition coefficient (Wildman–Crippen LogP) is 2.21. The zero-order chi connectivity index (χ0) is 13.7. The minimum absolute atomic E-state index is 0.0564. The third-order valence-electron chi connectivity index (χ3n) is 2.52. The van der Waals surface area contributed by atoms with E-state index in [-0.39, 0.29) is 12.4 Å². The fourth-order valence-electron chi connectivity index (χ4n) is 1.64. The Morgan fingerprint density at radius 1 is 1.37 bits per heavy atom. The molecule has 1 aromatic heterocycles. The number of benzene rings is 1. The average Bonchev–Trinajstić information content (AvgIpc) is 2.81. The quantitative estimate of drug-likeness (QED) is 0.867. The van der Waals surface area contributed by atoms with E-state index in [4.69, 9.17) is 9.15 Å². The smallest absolute Gasteiger partial charge is 0.253 e. The van der Waals surface area contributed by atoms with E-state index in [1.807, 2.05) is 13.0 Å². The SMILES string of the molecule is CCNCc1cccc(F)c1OCc1nnc(C)o1. The number of rotatable bonds is 6. The van der Waals surface area contributed by atoms with Crippen LogP contribution in [0, 0.1) is 12.7 Å². The van der Waals surface area contributed by atoms with Crippen LogP contribution in [0.2, 0.25) is 0 Å². The van der Waals surface area contributed by atoms with Crippen LogP contribution in [0.1, 0.15) is 24.3 Å². The summed E-state index contributed by atoms with van der Waals surface area (Å²) >= 11 is 0. The zero-order valence-electron chi connectivity index (χ0n) is 10.9. The Bertz CT molecular complexity index is 542. The van der Waals surface area contributed by atoms with E-state index in [9.17, 15) is 4.39 Å². The maximum absolute atomic E-state index is 13.8. The molecule has 0 aliphatic rings. The molecule has 2 aromatic rings. The topological polar surface area (TPSA) is 60.2 Å². The van der Waals surface area contributed by atoms with Crippen LogP contribution in [0.3, 0.4) is 0 Å². The van der Waals surface area contributed by atoms with E-state index in [0.717, 1.165) is 12.1 Å². The summed E-state index contributed by atoms with van der Waals surface area (Å²) in [5.74, 6) is 0.612. The van der Waals surface area contributed by atoms with Gasteiger partial charge in [0.2, 0.25) is 5.89 Å². The molecule has 0 unspecified atom stereocenters. The number of ether oxygens (including phenoxy) is 1. The van der Waals surface area contributed by atoms with Crippen molar-refractivity contribution < 1.29 is 13.5 Å². The molecule has 0 saturated carbocycles. The summed E-state index contributed by atoms with van der Waals surface area (Å²) in [4.78, 5) is 0. The molecule has 1 N–H and O–H groups in total. The number of aryl methyl sites for hydroxylation is 1. The molecule has 0 amide bonds. The van der Waals surface area contributed by atoms with Crippen molar-refractivity contribution >= 4 is 0 Å². The van der Waals surface area contributed by atoms with Crippen LogP contribution in [0.4, 0.5) is 4.39 Å². The van der Waals surface area contributed by atoms with Crippen LogP contribution in [0.15, 0.2) is 22.6 Å². The fraction of sp³-hybridized carbons (Fsp3) is 0.385. The third-order valence-corrected chi connectivity index (χ3v) is 2.52. The highest BCUT2D eigenvalue weighted by atomic mass is 19.1. The van der Waals surface area contributed by atoms with E-state index in [0.29, 0.717) is 18.3 Å². The van der Waals surface area contributed by atoms with Gasteiger partial charge in [-0.1, -0.05) is 19.1 Å². The molecule has 0 atom stereocenters. The molecule has 5 nitrogen and oxygen atoms in total. The molecule has 6 heteroatoms. The van der Waals surface area contributed by atoms with E-state index in [1.54, 1.807) is 13.0 Å². The van der Waals surface area contributed by atoms with Gasteiger partial charge in [-0.2, -0.15) is 0 Å². The van der Waals surface area contributed by atoms with E-state index in [2.05, 4.69) is 15.5 Å². The average molecular weight is 265 g/mol. The molecule has 19 heavy (non-hydrogen) atoms. The largest absolute Gasteiger partial charge is 0.480 e. The lowest BCUT2D eigenvalue weighted by Crippen LogP contribution is -2.13. The van der Waals surface area contributed by atoms with Crippen molar-refractivity contribution in [2.24, 2.45) is 0 Å². The molecular weight excluding hydrogens is 249 g/mol. The molecule has 0 bridgehead atoms. The Balaban J connectivity index is 2.09. The zero-order valence-corrected chi connectivity index (χ0v) is 10.9. The number of nitrogens with zero attached hydrogens (tertiary/aromatic N) is 2. The summed E-state index contributed by atoms with van der Waals surface area (Å²) in [5, 5.41) is 10.6. The van der Waals surface area contributed by atoms with Gasteiger partial charge >= 0.3 is 0 Å². The normalized spacial score (nSPS) is 10.7. The van der Waals surface area contributed by atoms with Gasteiger partial charge in [0.25, 0.3) is 5.89 Å². The third kappa shape index (κ3) is 3.51. The van der Waals surface area contributed by atoms with Crippen molar-refractivity contribution in [2.45, 2.75) is 27.0 Å². The first kappa shape index (κ1) is 13.5. The minimum Gasteiger partial charge on any atom is -0.480 e. The number of hydrogen-bond donors (Lipinski definition) is 1. The lowest BCUT2D eigenvalue weighted by Gasteiger charge is -2.11. The van der Waals surface area contributed by atoms with Crippen molar-refractivity contribution in [2.75, 3.05) is 6.54 Å². The highest BCUT2D eigenvalue weighted by Crippen LogP contribution is 2.23. The Labute approximate surface area is 110 Å². The highest BCUT2D eigenvalue weighted by molar-refractivity contribution is 5.34. The molecule has 0 saturated heterocycles. The Kier molecular flexibility index (Phi) is 4.46. The van der Waals surface area contributed by atoms with Crippen LogP contribution in [0.25, 0.3) is 0 Å². The number of halogens is 1. The molecule has 2 rings (SSSR count). The van der Waals surface area contributed by atoms with E-state index >= 15 is 0 Å². The van der Waals surface area contributed by atoms with Gasteiger partial charge in [-0.3, -0.25) is 0 Å². The second-order valence-electron chi connectivity index (χ2n) is 4.01. The van der Waals surface area contributed by atoms with Gasteiger partial charge in [-0.15, -0.1) is 10.2 Å². The molecule has 1 heterocycles. The molecule has 0 fully saturated rings. The summed E-state index contributed by atoms with van der Waals surface area (Å²) in [6.45, 7) is 5.09. The number of hydrogen-bond acceptors (Lipinski definition) is 5. The van der Waals surface area contributed by atoms with Crippen molar-refractivity contribution in [3.63, 3.8) is 0 Å². The van der Waals surface area contributed by atoms with E-state index < -0.39 is 5.82 Å². The Morgan fingerprint density at radius 2 is 2.21 bits per heavy atom. The summed E-state index contributed by atoms with van der Waals surface area (Å²) in [5.41, 5.74) is 0.762. The first-order chi connectivity index (χ1) is 9.20.